The maximum absolute atomic E-state index is 5.66. The minimum Gasteiger partial charge on any atom is -0.363 e. The van der Waals surface area contributed by atoms with E-state index in [0.29, 0.717) is 18.3 Å². The molecular formula is C10H21LiNO. The molecule has 0 N–H and O–H groups in total. The normalized spacial score (nSPS) is 22.8. The molecule has 0 aromatic carbocycles. The Labute approximate surface area is 94.2 Å². The van der Waals surface area contributed by atoms with Crippen molar-refractivity contribution < 1.29 is 4.74 Å². The average Bonchev–Trinajstić information content (AvgIpc) is 2.37. The summed E-state index contributed by atoms with van der Waals surface area (Å²) in [5.41, 5.74) is 0. The Kier molecular flexibility index (Phi) is 6.33. The van der Waals surface area contributed by atoms with Crippen molar-refractivity contribution in [3.63, 3.8) is 0 Å². The van der Waals surface area contributed by atoms with Gasteiger partial charge in [0.25, 0.3) is 0 Å². The summed E-state index contributed by atoms with van der Waals surface area (Å²) >= 11 is 0. The molecule has 2 nitrogen and oxygen atoms in total. The summed E-state index contributed by atoms with van der Waals surface area (Å²) < 4.78 is 5.66. The molecule has 0 saturated carbocycles. The molecule has 1 aliphatic heterocycles. The molecule has 13 heavy (non-hydrogen) atoms. The van der Waals surface area contributed by atoms with Crippen LogP contribution in [-0.2, 0) is 4.74 Å². The van der Waals surface area contributed by atoms with Gasteiger partial charge in [0.2, 0.25) is 0 Å². The van der Waals surface area contributed by atoms with Crippen LogP contribution in [0.3, 0.4) is 0 Å². The summed E-state index contributed by atoms with van der Waals surface area (Å²) in [4.78, 5) is 2.45. The van der Waals surface area contributed by atoms with Crippen molar-refractivity contribution in [3.8, 4) is 0 Å². The third-order valence-corrected chi connectivity index (χ3v) is 2.43. The van der Waals surface area contributed by atoms with Crippen molar-refractivity contribution in [3.05, 3.63) is 0 Å². The van der Waals surface area contributed by atoms with E-state index in [1.54, 1.807) is 0 Å². The van der Waals surface area contributed by atoms with Gasteiger partial charge < -0.3 is 4.74 Å². The number of hydrogen-bond acceptors (Lipinski definition) is 2. The van der Waals surface area contributed by atoms with E-state index in [0.717, 1.165) is 6.61 Å². The predicted octanol–water partition coefficient (Wildman–Crippen LogP) is 1.86. The molecular weight excluding hydrogens is 157 g/mol. The molecule has 0 aliphatic carbocycles. The molecule has 0 bridgehead atoms. The maximum Gasteiger partial charge on any atom is 0.111 e. The number of ether oxygens (including phenoxy) is 1. The minimum atomic E-state index is 0. The van der Waals surface area contributed by atoms with Crippen molar-refractivity contribution in [1.29, 1.82) is 0 Å². The number of hydrogen-bond donors (Lipinski definition) is 0. The Morgan fingerprint density at radius 3 is 2.00 bits per heavy atom. The molecule has 3 heteroatoms. The van der Waals surface area contributed by atoms with Crippen molar-refractivity contribution in [2.24, 2.45) is 0 Å². The first kappa shape index (κ1) is 13.5. The van der Waals surface area contributed by atoms with E-state index in [9.17, 15) is 0 Å². The van der Waals surface area contributed by atoms with E-state index in [1.807, 2.05) is 0 Å². The summed E-state index contributed by atoms with van der Waals surface area (Å²) in [6.07, 6.45) is 2.81. The van der Waals surface area contributed by atoms with Crippen LogP contribution in [0, 0.1) is 0 Å². The maximum atomic E-state index is 5.66. The van der Waals surface area contributed by atoms with Crippen LogP contribution in [0.5, 0.6) is 0 Å². The van der Waals surface area contributed by atoms with Gasteiger partial charge in [-0.05, 0) is 40.5 Å². The first-order valence-electron chi connectivity index (χ1n) is 5.02. The van der Waals surface area contributed by atoms with Crippen molar-refractivity contribution >= 4 is 18.9 Å². The standard InChI is InChI=1S/C10H21NO.Li/c1-8(2)11(9(3)4)10-6-5-7-12-10;/h8-10H,5-7H2,1-4H3;. The molecule has 1 saturated heterocycles. The Bertz CT molecular complexity index is 125. The van der Waals surface area contributed by atoms with Gasteiger partial charge in [-0.3, -0.25) is 4.90 Å². The van der Waals surface area contributed by atoms with Crippen LogP contribution in [0.15, 0.2) is 0 Å². The zero-order valence-electron chi connectivity index (χ0n) is 9.71. The van der Waals surface area contributed by atoms with Crippen molar-refractivity contribution in [1.82, 2.24) is 4.90 Å². The predicted molar refractivity (Wildman–Crippen MR) is 56.8 cm³/mol. The van der Waals surface area contributed by atoms with Gasteiger partial charge in [0.1, 0.15) is 6.23 Å². The molecule has 1 aliphatic rings. The fraction of sp³-hybridized carbons (Fsp3) is 1.00. The SMILES string of the molecule is CC(C)N(C(C)C)C1CCCO1.[Li]. The van der Waals surface area contributed by atoms with Gasteiger partial charge in [-0.25, -0.2) is 0 Å². The molecule has 1 radical (unpaired) electrons. The van der Waals surface area contributed by atoms with Gasteiger partial charge in [-0.15, -0.1) is 0 Å². The van der Waals surface area contributed by atoms with Gasteiger partial charge >= 0.3 is 0 Å². The second kappa shape index (κ2) is 6.09. The van der Waals surface area contributed by atoms with Gasteiger partial charge in [-0.2, -0.15) is 0 Å². The fourth-order valence-electron chi connectivity index (χ4n) is 2.06. The monoisotopic (exact) mass is 178 g/mol. The van der Waals surface area contributed by atoms with Crippen LogP contribution in [0.4, 0.5) is 0 Å². The molecule has 0 aromatic heterocycles. The van der Waals surface area contributed by atoms with Crippen molar-refractivity contribution in [2.75, 3.05) is 6.61 Å². The molecule has 0 amide bonds. The minimum absolute atomic E-state index is 0. The van der Waals surface area contributed by atoms with Crippen LogP contribution in [0.25, 0.3) is 0 Å². The van der Waals surface area contributed by atoms with Crippen LogP contribution in [0.2, 0.25) is 0 Å². The van der Waals surface area contributed by atoms with Crippen LogP contribution in [-0.4, -0.2) is 48.7 Å². The van der Waals surface area contributed by atoms with E-state index in [-0.39, 0.29) is 18.9 Å². The Morgan fingerprint density at radius 1 is 1.15 bits per heavy atom. The summed E-state index contributed by atoms with van der Waals surface area (Å²) in [7, 11) is 0. The summed E-state index contributed by atoms with van der Waals surface area (Å²) in [5, 5.41) is 0. The van der Waals surface area contributed by atoms with E-state index < -0.39 is 0 Å². The topological polar surface area (TPSA) is 12.5 Å². The van der Waals surface area contributed by atoms with Crippen molar-refractivity contribution in [2.45, 2.75) is 58.8 Å². The largest absolute Gasteiger partial charge is 0.363 e. The smallest absolute Gasteiger partial charge is 0.111 e. The Hall–Kier alpha value is 0.517. The first-order chi connectivity index (χ1) is 5.63. The molecule has 1 rings (SSSR count). The Balaban J connectivity index is 0.00000144. The number of nitrogens with zero attached hydrogens (tertiary/aromatic N) is 1. The Morgan fingerprint density at radius 2 is 1.69 bits per heavy atom. The zero-order valence-corrected chi connectivity index (χ0v) is 9.71. The second-order valence-electron chi connectivity index (χ2n) is 4.10. The molecule has 0 spiro atoms. The van der Waals surface area contributed by atoms with Crippen LogP contribution < -0.4 is 0 Å². The van der Waals surface area contributed by atoms with Crippen LogP contribution in [0.1, 0.15) is 40.5 Å². The fourth-order valence-corrected chi connectivity index (χ4v) is 2.06. The van der Waals surface area contributed by atoms with Crippen LogP contribution >= 0.6 is 0 Å². The molecule has 1 fully saturated rings. The summed E-state index contributed by atoms with van der Waals surface area (Å²) in [6, 6.07) is 1.18. The zero-order chi connectivity index (χ0) is 9.14. The van der Waals surface area contributed by atoms with E-state index >= 15 is 0 Å². The summed E-state index contributed by atoms with van der Waals surface area (Å²) in [6.45, 7) is 9.90. The number of rotatable bonds is 3. The van der Waals surface area contributed by atoms with Gasteiger partial charge in [0, 0.05) is 37.6 Å². The van der Waals surface area contributed by atoms with Gasteiger partial charge in [-0.1, -0.05) is 0 Å². The summed E-state index contributed by atoms with van der Waals surface area (Å²) in [5.74, 6) is 0. The average molecular weight is 178 g/mol. The van der Waals surface area contributed by atoms with Gasteiger partial charge in [0.15, 0.2) is 0 Å². The van der Waals surface area contributed by atoms with E-state index in [2.05, 4.69) is 32.6 Å². The molecule has 1 atom stereocenters. The molecule has 1 heterocycles. The third kappa shape index (κ3) is 3.63. The molecule has 0 aromatic rings. The first-order valence-corrected chi connectivity index (χ1v) is 5.02. The molecule has 1 unspecified atom stereocenters. The van der Waals surface area contributed by atoms with E-state index in [4.69, 9.17) is 4.74 Å². The quantitative estimate of drug-likeness (QED) is 0.612. The third-order valence-electron chi connectivity index (χ3n) is 2.43. The van der Waals surface area contributed by atoms with Gasteiger partial charge in [0.05, 0.1) is 0 Å². The molecule has 73 valence electrons. The second-order valence-corrected chi connectivity index (χ2v) is 4.10. The van der Waals surface area contributed by atoms with E-state index in [1.165, 1.54) is 12.8 Å².